The Kier molecular flexibility index (Phi) is 4.77. The Balaban J connectivity index is 1.39. The lowest BCUT2D eigenvalue weighted by Crippen LogP contribution is -2.34. The van der Waals surface area contributed by atoms with Crippen molar-refractivity contribution >= 4 is 16.6 Å². The molecule has 0 spiro atoms. The third-order valence-electron chi connectivity index (χ3n) is 6.03. The molecule has 6 nitrogen and oxygen atoms in total. The van der Waals surface area contributed by atoms with Gasteiger partial charge in [-0.25, -0.2) is 9.97 Å². The Labute approximate surface area is 185 Å². The van der Waals surface area contributed by atoms with Gasteiger partial charge in [-0.15, -0.1) is 0 Å². The molecule has 6 heteroatoms. The molecular formula is C26H23N5O. The standard InChI is InChI=1S/C26H23N5O/c1-3-18-6-7-22(30-26(18)24(5-1)32-21-8-12-27-13-9-21)23-17-29-25-15-19(10-14-31(23)25)20-4-2-11-28-16-20/h1-7,10-11,14-17,21,27H,8-9,12-13H2. The van der Waals surface area contributed by atoms with E-state index in [-0.39, 0.29) is 6.10 Å². The number of para-hydroxylation sites is 1. The van der Waals surface area contributed by atoms with E-state index in [1.807, 2.05) is 36.8 Å². The lowest BCUT2D eigenvalue weighted by Gasteiger charge is -2.24. The van der Waals surface area contributed by atoms with Gasteiger partial charge in [0.25, 0.3) is 0 Å². The number of hydrogen-bond acceptors (Lipinski definition) is 5. The van der Waals surface area contributed by atoms with Crippen molar-refractivity contribution in [2.45, 2.75) is 18.9 Å². The van der Waals surface area contributed by atoms with E-state index in [0.29, 0.717) is 0 Å². The summed E-state index contributed by atoms with van der Waals surface area (Å²) in [6.45, 7) is 1.99. The summed E-state index contributed by atoms with van der Waals surface area (Å²) in [6, 6.07) is 18.5. The van der Waals surface area contributed by atoms with E-state index in [1.54, 1.807) is 6.20 Å². The van der Waals surface area contributed by atoms with Crippen LogP contribution in [0.4, 0.5) is 0 Å². The van der Waals surface area contributed by atoms with Crippen LogP contribution < -0.4 is 10.1 Å². The summed E-state index contributed by atoms with van der Waals surface area (Å²) in [7, 11) is 0. The van der Waals surface area contributed by atoms with Crippen LogP contribution in [0, 0.1) is 0 Å². The summed E-state index contributed by atoms with van der Waals surface area (Å²) < 4.78 is 8.44. The number of aromatic nitrogens is 4. The second-order valence-electron chi connectivity index (χ2n) is 8.12. The number of benzene rings is 1. The average Bonchev–Trinajstić information content (AvgIpc) is 3.29. The normalized spacial score (nSPS) is 14.8. The average molecular weight is 422 g/mol. The van der Waals surface area contributed by atoms with E-state index in [1.165, 1.54) is 0 Å². The molecule has 158 valence electrons. The quantitative estimate of drug-likeness (QED) is 0.454. The van der Waals surface area contributed by atoms with Gasteiger partial charge in [0.15, 0.2) is 0 Å². The van der Waals surface area contributed by atoms with Crippen LogP contribution in [-0.2, 0) is 0 Å². The second kappa shape index (κ2) is 8.05. The molecule has 1 aliphatic rings. The monoisotopic (exact) mass is 421 g/mol. The van der Waals surface area contributed by atoms with E-state index < -0.39 is 0 Å². The zero-order valence-electron chi connectivity index (χ0n) is 17.6. The Morgan fingerprint density at radius 2 is 1.88 bits per heavy atom. The predicted octanol–water partition coefficient (Wildman–Crippen LogP) is 4.74. The van der Waals surface area contributed by atoms with Crippen molar-refractivity contribution in [3.63, 3.8) is 0 Å². The van der Waals surface area contributed by atoms with Crippen LogP contribution in [-0.4, -0.2) is 38.5 Å². The first kappa shape index (κ1) is 19.0. The zero-order chi connectivity index (χ0) is 21.3. The minimum atomic E-state index is 0.231. The zero-order valence-corrected chi connectivity index (χ0v) is 17.6. The van der Waals surface area contributed by atoms with Crippen LogP contribution in [0.2, 0.25) is 0 Å². The highest BCUT2D eigenvalue weighted by molar-refractivity contribution is 5.86. The maximum atomic E-state index is 6.36. The fraction of sp³-hybridized carbons (Fsp3) is 0.192. The van der Waals surface area contributed by atoms with Gasteiger partial charge in [-0.05, 0) is 61.8 Å². The molecule has 4 aromatic heterocycles. The largest absolute Gasteiger partial charge is 0.488 e. The Morgan fingerprint density at radius 1 is 0.938 bits per heavy atom. The summed E-state index contributed by atoms with van der Waals surface area (Å²) in [5.74, 6) is 0.851. The van der Waals surface area contributed by atoms with Crippen LogP contribution in [0.25, 0.3) is 39.1 Å². The van der Waals surface area contributed by atoms with Crippen molar-refractivity contribution < 1.29 is 4.74 Å². The molecule has 1 aliphatic heterocycles. The molecule has 5 aromatic rings. The van der Waals surface area contributed by atoms with E-state index in [2.05, 4.69) is 56.1 Å². The fourth-order valence-electron chi connectivity index (χ4n) is 4.33. The van der Waals surface area contributed by atoms with Crippen molar-refractivity contribution in [3.8, 4) is 28.3 Å². The number of nitrogens with zero attached hydrogens (tertiary/aromatic N) is 4. The molecule has 0 amide bonds. The van der Waals surface area contributed by atoms with Gasteiger partial charge in [-0.2, -0.15) is 0 Å². The lowest BCUT2D eigenvalue weighted by molar-refractivity contribution is 0.164. The van der Waals surface area contributed by atoms with Gasteiger partial charge in [-0.3, -0.25) is 9.38 Å². The molecule has 6 rings (SSSR count). The number of piperidine rings is 1. The molecule has 0 unspecified atom stereocenters. The van der Waals surface area contributed by atoms with Crippen molar-refractivity contribution in [1.29, 1.82) is 0 Å². The second-order valence-corrected chi connectivity index (χ2v) is 8.12. The Hall–Kier alpha value is -3.77. The predicted molar refractivity (Wildman–Crippen MR) is 126 cm³/mol. The van der Waals surface area contributed by atoms with Crippen molar-refractivity contribution in [2.24, 2.45) is 0 Å². The molecule has 1 saturated heterocycles. The summed E-state index contributed by atoms with van der Waals surface area (Å²) in [4.78, 5) is 13.9. The molecule has 0 bridgehead atoms. The molecular weight excluding hydrogens is 398 g/mol. The lowest BCUT2D eigenvalue weighted by atomic mass is 10.1. The van der Waals surface area contributed by atoms with E-state index in [4.69, 9.17) is 9.72 Å². The first-order valence-electron chi connectivity index (χ1n) is 11.0. The molecule has 1 aromatic carbocycles. The molecule has 0 radical (unpaired) electrons. The van der Waals surface area contributed by atoms with Crippen LogP contribution in [0.1, 0.15) is 12.8 Å². The molecule has 1 fully saturated rings. The maximum Gasteiger partial charge on any atom is 0.145 e. The molecule has 0 aliphatic carbocycles. The molecule has 0 atom stereocenters. The Morgan fingerprint density at radius 3 is 2.75 bits per heavy atom. The number of imidazole rings is 1. The number of hydrogen-bond donors (Lipinski definition) is 1. The van der Waals surface area contributed by atoms with Gasteiger partial charge in [0.1, 0.15) is 23.0 Å². The molecule has 0 saturated carbocycles. The van der Waals surface area contributed by atoms with E-state index in [0.717, 1.165) is 70.7 Å². The van der Waals surface area contributed by atoms with Gasteiger partial charge < -0.3 is 10.1 Å². The molecule has 32 heavy (non-hydrogen) atoms. The third-order valence-corrected chi connectivity index (χ3v) is 6.03. The van der Waals surface area contributed by atoms with Gasteiger partial charge in [0.05, 0.1) is 17.6 Å². The van der Waals surface area contributed by atoms with Crippen LogP contribution in [0.15, 0.2) is 79.4 Å². The summed E-state index contributed by atoms with van der Waals surface area (Å²) in [6.07, 6.45) is 9.84. The number of pyridine rings is 3. The summed E-state index contributed by atoms with van der Waals surface area (Å²) in [5.41, 5.74) is 5.76. The first-order chi connectivity index (χ1) is 15.8. The highest BCUT2D eigenvalue weighted by atomic mass is 16.5. The summed E-state index contributed by atoms with van der Waals surface area (Å²) >= 11 is 0. The van der Waals surface area contributed by atoms with Crippen molar-refractivity contribution in [2.75, 3.05) is 13.1 Å². The van der Waals surface area contributed by atoms with Gasteiger partial charge in [-0.1, -0.05) is 24.3 Å². The third kappa shape index (κ3) is 3.48. The number of fused-ring (bicyclic) bond motifs is 2. The van der Waals surface area contributed by atoms with Crippen LogP contribution >= 0.6 is 0 Å². The van der Waals surface area contributed by atoms with Crippen LogP contribution in [0.3, 0.4) is 0 Å². The molecule has 5 heterocycles. The number of nitrogens with one attached hydrogen (secondary N) is 1. The Bertz CT molecular complexity index is 1390. The van der Waals surface area contributed by atoms with Gasteiger partial charge in [0.2, 0.25) is 0 Å². The summed E-state index contributed by atoms with van der Waals surface area (Å²) in [5, 5.41) is 4.46. The highest BCUT2D eigenvalue weighted by Crippen LogP contribution is 2.30. The highest BCUT2D eigenvalue weighted by Gasteiger charge is 2.17. The fourth-order valence-corrected chi connectivity index (χ4v) is 4.33. The SMILES string of the molecule is c1cncc(-c2ccn3c(-c4ccc5cccc(OC6CCNCC6)c5n4)cnc3c2)c1. The van der Waals surface area contributed by atoms with Gasteiger partial charge in [0, 0.05) is 29.5 Å². The minimum absolute atomic E-state index is 0.231. The molecule has 1 N–H and O–H groups in total. The topological polar surface area (TPSA) is 64.3 Å². The maximum absolute atomic E-state index is 6.36. The number of rotatable bonds is 4. The van der Waals surface area contributed by atoms with Crippen molar-refractivity contribution in [3.05, 3.63) is 79.4 Å². The van der Waals surface area contributed by atoms with Gasteiger partial charge >= 0.3 is 0 Å². The number of ether oxygens (including phenoxy) is 1. The van der Waals surface area contributed by atoms with E-state index >= 15 is 0 Å². The van der Waals surface area contributed by atoms with Crippen molar-refractivity contribution in [1.82, 2.24) is 24.7 Å². The minimum Gasteiger partial charge on any atom is -0.488 e. The van der Waals surface area contributed by atoms with Crippen LogP contribution in [0.5, 0.6) is 5.75 Å². The smallest absolute Gasteiger partial charge is 0.145 e. The van der Waals surface area contributed by atoms with E-state index in [9.17, 15) is 0 Å². The first-order valence-corrected chi connectivity index (χ1v) is 11.0.